The lowest BCUT2D eigenvalue weighted by Gasteiger charge is -2.16. The van der Waals surface area contributed by atoms with E-state index in [1.54, 1.807) is 0 Å². The minimum absolute atomic E-state index is 0.208. The van der Waals surface area contributed by atoms with Crippen LogP contribution in [0.5, 0.6) is 0 Å². The molecule has 0 aliphatic carbocycles. The lowest BCUT2D eigenvalue weighted by molar-refractivity contribution is 0.141. The molecule has 1 unspecified atom stereocenters. The highest BCUT2D eigenvalue weighted by Gasteiger charge is 2.09. The summed E-state index contributed by atoms with van der Waals surface area (Å²) in [6, 6.07) is 0.208. The number of nitrogens with one attached hydrogen (secondary N) is 1. The highest BCUT2D eigenvalue weighted by Crippen LogP contribution is 2.18. The monoisotopic (exact) mass is 224 g/mol. The molecule has 1 aromatic rings. The number of anilines is 2. The summed E-state index contributed by atoms with van der Waals surface area (Å²) in [6.45, 7) is 7.44. The molecule has 1 heterocycles. The van der Waals surface area contributed by atoms with Crippen LogP contribution >= 0.6 is 0 Å². The van der Waals surface area contributed by atoms with Gasteiger partial charge >= 0.3 is 0 Å². The molecule has 0 aliphatic heterocycles. The zero-order chi connectivity index (χ0) is 12.0. The van der Waals surface area contributed by atoms with Gasteiger partial charge in [-0.2, -0.15) is 0 Å². The van der Waals surface area contributed by atoms with Crippen LogP contribution in [0, 0.1) is 0 Å². The number of rotatable bonds is 6. The van der Waals surface area contributed by atoms with Gasteiger partial charge in [-0.1, -0.05) is 6.92 Å². The van der Waals surface area contributed by atoms with Crippen molar-refractivity contribution in [1.82, 2.24) is 9.97 Å². The van der Waals surface area contributed by atoms with E-state index in [0.29, 0.717) is 12.4 Å². The minimum Gasteiger partial charge on any atom is -0.383 e. The van der Waals surface area contributed by atoms with Gasteiger partial charge in [-0.15, -0.1) is 0 Å². The zero-order valence-corrected chi connectivity index (χ0v) is 10.2. The Hall–Kier alpha value is -1.36. The molecule has 0 aromatic carbocycles. The molecular weight excluding hydrogens is 204 g/mol. The van der Waals surface area contributed by atoms with Gasteiger partial charge in [0.2, 0.25) is 0 Å². The van der Waals surface area contributed by atoms with Crippen molar-refractivity contribution in [3.8, 4) is 0 Å². The zero-order valence-electron chi connectivity index (χ0n) is 10.2. The number of hydrogen-bond donors (Lipinski definition) is 2. The summed E-state index contributed by atoms with van der Waals surface area (Å²) in [6.07, 6.45) is 2.29. The maximum absolute atomic E-state index is 5.79. The summed E-state index contributed by atoms with van der Waals surface area (Å²) >= 11 is 0. The number of aromatic nitrogens is 2. The van der Waals surface area contributed by atoms with E-state index >= 15 is 0 Å². The molecule has 1 aromatic heterocycles. The van der Waals surface area contributed by atoms with E-state index < -0.39 is 0 Å². The third kappa shape index (κ3) is 3.34. The van der Waals surface area contributed by atoms with Crippen LogP contribution in [0.2, 0.25) is 0 Å². The van der Waals surface area contributed by atoms with Crippen LogP contribution in [-0.4, -0.2) is 29.2 Å². The second-order valence-corrected chi connectivity index (χ2v) is 3.64. The first-order valence-corrected chi connectivity index (χ1v) is 5.62. The van der Waals surface area contributed by atoms with Crippen molar-refractivity contribution >= 4 is 11.6 Å². The summed E-state index contributed by atoms with van der Waals surface area (Å²) in [5.74, 6) is 1.35. The van der Waals surface area contributed by atoms with Crippen molar-refractivity contribution in [3.05, 3.63) is 11.9 Å². The fourth-order valence-electron chi connectivity index (χ4n) is 1.47. The van der Waals surface area contributed by atoms with E-state index in [1.807, 2.05) is 20.8 Å². The van der Waals surface area contributed by atoms with Crippen LogP contribution in [0.25, 0.3) is 0 Å². The molecule has 5 heteroatoms. The molecule has 0 amide bonds. The van der Waals surface area contributed by atoms with E-state index in [4.69, 9.17) is 10.5 Å². The molecule has 90 valence electrons. The fraction of sp³-hybridized carbons (Fsp3) is 0.636. The average molecular weight is 224 g/mol. The van der Waals surface area contributed by atoms with Crippen LogP contribution in [0.1, 0.15) is 26.3 Å². The Balaban J connectivity index is 2.69. The van der Waals surface area contributed by atoms with Gasteiger partial charge in [-0.05, 0) is 20.3 Å². The third-order valence-corrected chi connectivity index (χ3v) is 2.29. The Morgan fingerprint density at radius 2 is 2.19 bits per heavy atom. The quantitative estimate of drug-likeness (QED) is 0.765. The SMILES string of the molecule is CCOCC(C)Nc1ncnc(N)c1CC. The lowest BCUT2D eigenvalue weighted by atomic mass is 10.2. The first-order valence-electron chi connectivity index (χ1n) is 5.62. The van der Waals surface area contributed by atoms with E-state index in [2.05, 4.69) is 15.3 Å². The predicted molar refractivity (Wildman–Crippen MR) is 65.4 cm³/mol. The van der Waals surface area contributed by atoms with Gasteiger partial charge in [0.25, 0.3) is 0 Å². The van der Waals surface area contributed by atoms with E-state index in [-0.39, 0.29) is 6.04 Å². The van der Waals surface area contributed by atoms with Crippen molar-refractivity contribution < 1.29 is 4.74 Å². The third-order valence-electron chi connectivity index (χ3n) is 2.29. The van der Waals surface area contributed by atoms with Gasteiger partial charge in [0.1, 0.15) is 18.0 Å². The number of nitrogens with two attached hydrogens (primary N) is 1. The average Bonchev–Trinajstić information content (AvgIpc) is 2.27. The molecule has 0 aliphatic rings. The molecule has 0 saturated carbocycles. The standard InChI is InChI=1S/C11H20N4O/c1-4-9-10(12)13-7-14-11(9)15-8(3)6-16-5-2/h7-8H,4-6H2,1-3H3,(H3,12,13,14,15). The summed E-state index contributed by atoms with van der Waals surface area (Å²) in [7, 11) is 0. The van der Waals surface area contributed by atoms with Gasteiger partial charge in [0, 0.05) is 18.2 Å². The number of hydrogen-bond acceptors (Lipinski definition) is 5. The minimum atomic E-state index is 0.208. The van der Waals surface area contributed by atoms with E-state index in [0.717, 1.165) is 24.4 Å². The Bertz CT molecular complexity index is 330. The molecule has 0 bridgehead atoms. The van der Waals surface area contributed by atoms with Gasteiger partial charge in [-0.25, -0.2) is 9.97 Å². The predicted octanol–water partition coefficient (Wildman–Crippen LogP) is 1.46. The first kappa shape index (κ1) is 12.7. The van der Waals surface area contributed by atoms with Crippen LogP contribution in [0.4, 0.5) is 11.6 Å². The normalized spacial score (nSPS) is 12.4. The highest BCUT2D eigenvalue weighted by molar-refractivity contribution is 5.55. The first-order chi connectivity index (χ1) is 7.69. The Morgan fingerprint density at radius 1 is 1.44 bits per heavy atom. The second-order valence-electron chi connectivity index (χ2n) is 3.64. The van der Waals surface area contributed by atoms with Gasteiger partial charge in [0.05, 0.1) is 6.61 Å². The van der Waals surface area contributed by atoms with E-state index in [9.17, 15) is 0 Å². The van der Waals surface area contributed by atoms with Crippen LogP contribution in [0.3, 0.4) is 0 Å². The van der Waals surface area contributed by atoms with Crippen LogP contribution in [-0.2, 0) is 11.2 Å². The Morgan fingerprint density at radius 3 is 2.81 bits per heavy atom. The molecule has 1 rings (SSSR count). The molecule has 16 heavy (non-hydrogen) atoms. The molecule has 3 N–H and O–H groups in total. The number of ether oxygens (including phenoxy) is 1. The van der Waals surface area contributed by atoms with Crippen LogP contribution < -0.4 is 11.1 Å². The molecule has 0 radical (unpaired) electrons. The molecule has 0 spiro atoms. The van der Waals surface area contributed by atoms with Gasteiger partial charge < -0.3 is 15.8 Å². The van der Waals surface area contributed by atoms with Crippen molar-refractivity contribution in [2.24, 2.45) is 0 Å². The van der Waals surface area contributed by atoms with Crippen molar-refractivity contribution in [1.29, 1.82) is 0 Å². The maximum atomic E-state index is 5.79. The van der Waals surface area contributed by atoms with Gasteiger partial charge in [-0.3, -0.25) is 0 Å². The number of nitrogens with zero attached hydrogens (tertiary/aromatic N) is 2. The topological polar surface area (TPSA) is 73.1 Å². The summed E-state index contributed by atoms with van der Waals surface area (Å²) in [4.78, 5) is 8.18. The maximum Gasteiger partial charge on any atom is 0.134 e. The molecular formula is C11H20N4O. The van der Waals surface area contributed by atoms with Crippen molar-refractivity contribution in [3.63, 3.8) is 0 Å². The van der Waals surface area contributed by atoms with E-state index in [1.165, 1.54) is 6.33 Å². The smallest absolute Gasteiger partial charge is 0.134 e. The summed E-state index contributed by atoms with van der Waals surface area (Å²) < 4.78 is 5.33. The van der Waals surface area contributed by atoms with Crippen molar-refractivity contribution in [2.75, 3.05) is 24.3 Å². The highest BCUT2D eigenvalue weighted by atomic mass is 16.5. The molecule has 5 nitrogen and oxygen atoms in total. The number of nitrogen functional groups attached to an aromatic ring is 1. The Kier molecular flexibility index (Phi) is 4.98. The second kappa shape index (κ2) is 6.27. The molecule has 0 fully saturated rings. The van der Waals surface area contributed by atoms with Crippen molar-refractivity contribution in [2.45, 2.75) is 33.2 Å². The molecule has 1 atom stereocenters. The van der Waals surface area contributed by atoms with Gasteiger partial charge in [0.15, 0.2) is 0 Å². The largest absolute Gasteiger partial charge is 0.383 e. The van der Waals surface area contributed by atoms with Crippen LogP contribution in [0.15, 0.2) is 6.33 Å². The summed E-state index contributed by atoms with van der Waals surface area (Å²) in [5, 5.41) is 3.28. The summed E-state index contributed by atoms with van der Waals surface area (Å²) in [5.41, 5.74) is 6.75. The fourth-order valence-corrected chi connectivity index (χ4v) is 1.47. The lowest BCUT2D eigenvalue weighted by Crippen LogP contribution is -2.23. The Labute approximate surface area is 96.4 Å². The molecule has 0 saturated heterocycles.